The minimum absolute atomic E-state index is 0.0340. The molecule has 39 heavy (non-hydrogen) atoms. The first-order valence-corrected chi connectivity index (χ1v) is 12.7. The molecule has 1 amide bonds. The van der Waals surface area contributed by atoms with Gasteiger partial charge in [-0.2, -0.15) is 18.3 Å². The number of rotatable bonds is 7. The number of halogens is 3. The normalized spacial score (nSPS) is 13.9. The van der Waals surface area contributed by atoms with Crippen LogP contribution in [0.1, 0.15) is 57.7 Å². The average Bonchev–Trinajstić information content (AvgIpc) is 3.22. The topological polar surface area (TPSA) is 116 Å². The molecule has 0 aliphatic carbocycles. The van der Waals surface area contributed by atoms with Gasteiger partial charge in [0.1, 0.15) is 0 Å². The lowest BCUT2D eigenvalue weighted by molar-refractivity contribution is -0.138. The van der Waals surface area contributed by atoms with Crippen LogP contribution >= 0.6 is 0 Å². The number of hydrogen-bond acceptors (Lipinski definition) is 7. The summed E-state index contributed by atoms with van der Waals surface area (Å²) in [6, 6.07) is 4.09. The highest BCUT2D eigenvalue weighted by atomic mass is 19.4. The molecule has 1 aliphatic rings. The van der Waals surface area contributed by atoms with E-state index >= 15 is 0 Å². The molecular formula is C27H33F3N8O. The van der Waals surface area contributed by atoms with Crippen LogP contribution in [0.4, 0.5) is 30.2 Å². The van der Waals surface area contributed by atoms with E-state index in [9.17, 15) is 18.0 Å². The summed E-state index contributed by atoms with van der Waals surface area (Å²) < 4.78 is 43.3. The fraction of sp³-hybridized carbons (Fsp3) is 0.407. The van der Waals surface area contributed by atoms with E-state index in [1.54, 1.807) is 30.9 Å². The maximum Gasteiger partial charge on any atom is 0.416 e. The monoisotopic (exact) mass is 542 g/mol. The number of benzene rings is 1. The van der Waals surface area contributed by atoms with Crippen LogP contribution in [-0.4, -0.2) is 46.0 Å². The highest BCUT2D eigenvalue weighted by Gasteiger charge is 2.35. The van der Waals surface area contributed by atoms with Gasteiger partial charge >= 0.3 is 6.18 Å². The van der Waals surface area contributed by atoms with Crippen LogP contribution in [0.25, 0.3) is 0 Å². The van der Waals surface area contributed by atoms with E-state index in [0.29, 0.717) is 35.7 Å². The molecule has 2 aromatic heterocycles. The van der Waals surface area contributed by atoms with Crippen molar-refractivity contribution < 1.29 is 18.0 Å². The third kappa shape index (κ3) is 6.06. The van der Waals surface area contributed by atoms with E-state index in [0.717, 1.165) is 31.0 Å². The number of anilines is 3. The van der Waals surface area contributed by atoms with Gasteiger partial charge in [0.25, 0.3) is 5.91 Å². The summed E-state index contributed by atoms with van der Waals surface area (Å²) in [6.07, 6.45) is 1.23. The van der Waals surface area contributed by atoms with E-state index < -0.39 is 17.6 Å². The number of hydrazine groups is 1. The van der Waals surface area contributed by atoms with E-state index in [-0.39, 0.29) is 29.1 Å². The molecule has 3 aromatic rings. The van der Waals surface area contributed by atoms with Crippen molar-refractivity contribution in [3.63, 3.8) is 0 Å². The number of hydrogen-bond donors (Lipinski definition) is 3. The van der Waals surface area contributed by atoms with Crippen molar-refractivity contribution >= 4 is 28.7 Å². The molecule has 1 saturated heterocycles. The number of pyridine rings is 1. The molecule has 12 heteroatoms. The number of carbonyl (C=O) groups excluding carboxylic acids is 1. The molecule has 4 rings (SSSR count). The summed E-state index contributed by atoms with van der Waals surface area (Å²) in [6.45, 7) is 6.40. The van der Waals surface area contributed by atoms with Crippen LogP contribution in [-0.2, 0) is 13.2 Å². The maximum absolute atomic E-state index is 13.9. The molecule has 1 aliphatic heterocycles. The first kappa shape index (κ1) is 28.1. The Bertz CT molecular complexity index is 1390. The highest BCUT2D eigenvalue weighted by Crippen LogP contribution is 2.39. The van der Waals surface area contributed by atoms with Gasteiger partial charge in [-0.3, -0.25) is 14.5 Å². The molecule has 0 atom stereocenters. The molecule has 9 nitrogen and oxygen atoms in total. The molecule has 0 unspecified atom stereocenters. The predicted molar refractivity (Wildman–Crippen MR) is 145 cm³/mol. The van der Waals surface area contributed by atoms with Gasteiger partial charge in [-0.1, -0.05) is 0 Å². The zero-order chi connectivity index (χ0) is 28.5. The third-order valence-electron chi connectivity index (χ3n) is 7.16. The van der Waals surface area contributed by atoms with Crippen molar-refractivity contribution in [3.05, 3.63) is 64.2 Å². The van der Waals surface area contributed by atoms with E-state index in [1.165, 1.54) is 24.2 Å². The van der Waals surface area contributed by atoms with Crippen LogP contribution in [0.3, 0.4) is 0 Å². The van der Waals surface area contributed by atoms with Crippen molar-refractivity contribution in [2.24, 2.45) is 12.9 Å². The van der Waals surface area contributed by atoms with Crippen LogP contribution in [0.5, 0.6) is 0 Å². The van der Waals surface area contributed by atoms with Gasteiger partial charge < -0.3 is 20.6 Å². The van der Waals surface area contributed by atoms with Crippen molar-refractivity contribution in [3.8, 4) is 0 Å². The molecule has 1 fully saturated rings. The van der Waals surface area contributed by atoms with Gasteiger partial charge in [0.15, 0.2) is 0 Å². The molecule has 3 heterocycles. The van der Waals surface area contributed by atoms with Gasteiger partial charge in [-0.25, -0.2) is 5.84 Å². The Balaban J connectivity index is 1.59. The SMILES string of the molecule is Cc1ncc(C(=O)Nc2cc(N3CCCCC3)c(C)c(C(F)(F)F)c2)cc1N(N)CC(=N)c1cnn(C)c1C. The van der Waals surface area contributed by atoms with Crippen molar-refractivity contribution in [1.82, 2.24) is 14.8 Å². The number of nitrogens with two attached hydrogens (primary N) is 1. The number of nitrogens with one attached hydrogen (secondary N) is 2. The second kappa shape index (κ2) is 11.0. The maximum atomic E-state index is 13.9. The number of aryl methyl sites for hydroxylation is 2. The van der Waals surface area contributed by atoms with Crippen LogP contribution in [0, 0.1) is 26.2 Å². The first-order valence-electron chi connectivity index (χ1n) is 12.7. The number of amides is 1. The highest BCUT2D eigenvalue weighted by molar-refractivity contribution is 6.05. The summed E-state index contributed by atoms with van der Waals surface area (Å²) in [5.41, 5.74) is 2.68. The van der Waals surface area contributed by atoms with Gasteiger partial charge in [-0.05, 0) is 63.8 Å². The molecule has 208 valence electrons. The number of nitrogens with zero attached hydrogens (tertiary/aromatic N) is 5. The number of carbonyl (C=O) groups is 1. The van der Waals surface area contributed by atoms with Gasteiger partial charge in [0.05, 0.1) is 41.0 Å². The lowest BCUT2D eigenvalue weighted by Gasteiger charge is -2.31. The molecule has 0 spiro atoms. The Kier molecular flexibility index (Phi) is 7.96. The minimum atomic E-state index is -4.56. The second-order valence-corrected chi connectivity index (χ2v) is 9.87. The summed E-state index contributed by atoms with van der Waals surface area (Å²) in [5.74, 6) is 5.65. The Labute approximate surface area is 225 Å². The van der Waals surface area contributed by atoms with Gasteiger partial charge in [-0.15, -0.1) is 0 Å². The summed E-state index contributed by atoms with van der Waals surface area (Å²) >= 11 is 0. The first-order chi connectivity index (χ1) is 18.4. The van der Waals surface area contributed by atoms with Crippen LogP contribution in [0.15, 0.2) is 30.6 Å². The quantitative estimate of drug-likeness (QED) is 0.225. The number of alkyl halides is 3. The van der Waals surface area contributed by atoms with Crippen LogP contribution < -0.4 is 21.1 Å². The van der Waals surface area contributed by atoms with Crippen molar-refractivity contribution in [2.45, 2.75) is 46.2 Å². The van der Waals surface area contributed by atoms with E-state index in [4.69, 9.17) is 11.3 Å². The fourth-order valence-corrected chi connectivity index (χ4v) is 4.80. The minimum Gasteiger partial charge on any atom is -0.371 e. The van der Waals surface area contributed by atoms with Crippen molar-refractivity contribution in [2.75, 3.05) is 34.9 Å². The van der Waals surface area contributed by atoms with Gasteiger partial charge in [0.2, 0.25) is 0 Å². The smallest absolute Gasteiger partial charge is 0.371 e. The lowest BCUT2D eigenvalue weighted by Crippen LogP contribution is -2.37. The zero-order valence-corrected chi connectivity index (χ0v) is 22.5. The Morgan fingerprint density at radius 2 is 1.82 bits per heavy atom. The molecule has 1 aromatic carbocycles. The number of aromatic nitrogens is 3. The molecule has 4 N–H and O–H groups in total. The summed E-state index contributed by atoms with van der Waals surface area (Å²) in [7, 11) is 1.78. The molecule has 0 saturated carbocycles. The van der Waals surface area contributed by atoms with Gasteiger partial charge in [0, 0.05) is 49.0 Å². The molecule has 0 bridgehead atoms. The lowest BCUT2D eigenvalue weighted by atomic mass is 10.0. The Morgan fingerprint density at radius 1 is 1.13 bits per heavy atom. The number of piperidine rings is 1. The largest absolute Gasteiger partial charge is 0.416 e. The standard InChI is InChI=1S/C27H33F3N8O/c1-16-22(27(28,29)30)11-20(12-24(16)37-8-6-5-7-9-37)35-26(39)19-10-25(17(2)33-13-19)38(32)15-23(31)21-14-34-36(4)18(21)3/h10-14,31H,5-9,15,32H2,1-4H3,(H,35,39). The van der Waals surface area contributed by atoms with Crippen LogP contribution in [0.2, 0.25) is 0 Å². The fourth-order valence-electron chi connectivity index (χ4n) is 4.80. The van der Waals surface area contributed by atoms with Crippen molar-refractivity contribution in [1.29, 1.82) is 5.41 Å². The summed E-state index contributed by atoms with van der Waals surface area (Å²) in [4.78, 5) is 19.4. The average molecular weight is 543 g/mol. The molecular weight excluding hydrogens is 509 g/mol. The Hall–Kier alpha value is -3.93. The van der Waals surface area contributed by atoms with E-state index in [2.05, 4.69) is 15.4 Å². The van der Waals surface area contributed by atoms with E-state index in [1.807, 2.05) is 11.8 Å². The zero-order valence-electron chi connectivity index (χ0n) is 22.5. The summed E-state index contributed by atoms with van der Waals surface area (Å²) in [5, 5.41) is 16.5. The second-order valence-electron chi connectivity index (χ2n) is 9.87. The third-order valence-corrected chi connectivity index (χ3v) is 7.16. The predicted octanol–water partition coefficient (Wildman–Crippen LogP) is 4.75. The Morgan fingerprint density at radius 3 is 2.44 bits per heavy atom. The molecule has 0 radical (unpaired) electrons.